The highest BCUT2D eigenvalue weighted by Gasteiger charge is 2.16. The van der Waals surface area contributed by atoms with Gasteiger partial charge in [0.1, 0.15) is 6.10 Å². The Morgan fingerprint density at radius 2 is 1.88 bits per heavy atom. The van der Waals surface area contributed by atoms with Crippen molar-refractivity contribution in [1.82, 2.24) is 20.2 Å². The van der Waals surface area contributed by atoms with Crippen molar-refractivity contribution < 1.29 is 4.74 Å². The quantitative estimate of drug-likeness (QED) is 0.841. The molecule has 0 saturated heterocycles. The molecule has 6 heteroatoms. The lowest BCUT2D eigenvalue weighted by Gasteiger charge is -2.12. The molecule has 1 saturated carbocycles. The largest absolute Gasteiger partial charge is 0.474 e. The number of hydrogen-bond donors (Lipinski definition) is 1. The number of anilines is 1. The van der Waals surface area contributed by atoms with E-state index in [0.717, 1.165) is 42.6 Å². The molecule has 0 aromatic carbocycles. The van der Waals surface area contributed by atoms with E-state index in [1.54, 1.807) is 0 Å². The van der Waals surface area contributed by atoms with Gasteiger partial charge >= 0.3 is 0 Å². The Bertz CT molecular complexity index is 653. The highest BCUT2D eigenvalue weighted by molar-refractivity contribution is 5.28. The number of nitrogens with zero attached hydrogens (tertiary/aromatic N) is 4. The summed E-state index contributed by atoms with van der Waals surface area (Å²) >= 11 is 0. The summed E-state index contributed by atoms with van der Waals surface area (Å²) in [6.45, 7) is 4.77. The van der Waals surface area contributed by atoms with E-state index in [2.05, 4.69) is 39.3 Å². The van der Waals surface area contributed by atoms with Crippen molar-refractivity contribution in [3.8, 4) is 5.88 Å². The molecule has 0 amide bonds. The summed E-state index contributed by atoms with van der Waals surface area (Å²) in [5.41, 5.74) is 3.04. The lowest BCUT2D eigenvalue weighted by atomic mass is 10.2. The summed E-state index contributed by atoms with van der Waals surface area (Å²) in [6.07, 6.45) is 8.70. The summed E-state index contributed by atoms with van der Waals surface area (Å²) in [4.78, 5) is 8.93. The second-order valence-corrected chi connectivity index (χ2v) is 6.12. The molecule has 6 nitrogen and oxygen atoms in total. The molecule has 0 aliphatic heterocycles. The molecule has 0 bridgehead atoms. The van der Waals surface area contributed by atoms with Gasteiger partial charge in [-0.25, -0.2) is 9.97 Å². The summed E-state index contributed by atoms with van der Waals surface area (Å²) < 4.78 is 5.88. The van der Waals surface area contributed by atoms with Crippen LogP contribution in [0.25, 0.3) is 0 Å². The van der Waals surface area contributed by atoms with E-state index in [1.165, 1.54) is 12.8 Å². The Balaban J connectivity index is 1.56. The molecule has 128 valence electrons. The van der Waals surface area contributed by atoms with Gasteiger partial charge < -0.3 is 10.1 Å². The van der Waals surface area contributed by atoms with Gasteiger partial charge in [0.15, 0.2) is 0 Å². The Hall–Kier alpha value is -2.24. The van der Waals surface area contributed by atoms with Gasteiger partial charge in [-0.1, -0.05) is 19.9 Å². The molecule has 0 atom stereocenters. The maximum Gasteiger partial charge on any atom is 0.243 e. The highest BCUT2D eigenvalue weighted by atomic mass is 16.5. The lowest BCUT2D eigenvalue weighted by molar-refractivity contribution is 0.201. The van der Waals surface area contributed by atoms with E-state index < -0.39 is 0 Å². The van der Waals surface area contributed by atoms with Crippen LogP contribution in [0, 0.1) is 0 Å². The zero-order chi connectivity index (χ0) is 16.8. The van der Waals surface area contributed by atoms with Crippen molar-refractivity contribution >= 4 is 5.95 Å². The molecular weight excluding hydrogens is 302 g/mol. The number of aryl methyl sites for hydroxylation is 2. The van der Waals surface area contributed by atoms with Gasteiger partial charge in [-0.05, 0) is 44.1 Å². The van der Waals surface area contributed by atoms with Gasteiger partial charge in [0.05, 0.1) is 11.4 Å². The summed E-state index contributed by atoms with van der Waals surface area (Å²) in [5.74, 6) is 1.28. The maximum atomic E-state index is 5.88. The van der Waals surface area contributed by atoms with Crippen molar-refractivity contribution in [2.45, 2.75) is 65.0 Å². The molecule has 2 heterocycles. The van der Waals surface area contributed by atoms with E-state index in [0.29, 0.717) is 24.5 Å². The Labute approximate surface area is 143 Å². The second-order valence-electron chi connectivity index (χ2n) is 6.12. The number of aromatic nitrogens is 4. The fourth-order valence-electron chi connectivity index (χ4n) is 2.96. The predicted octanol–water partition coefficient (Wildman–Crippen LogP) is 3.32. The van der Waals surface area contributed by atoms with Crippen LogP contribution in [0.1, 0.15) is 56.5 Å². The minimum Gasteiger partial charge on any atom is -0.474 e. The van der Waals surface area contributed by atoms with Crippen molar-refractivity contribution in [3.63, 3.8) is 0 Å². The highest BCUT2D eigenvalue weighted by Crippen LogP contribution is 2.22. The van der Waals surface area contributed by atoms with Crippen LogP contribution in [0.5, 0.6) is 5.88 Å². The minimum absolute atomic E-state index is 0.338. The van der Waals surface area contributed by atoms with Gasteiger partial charge in [-0.2, -0.15) is 5.10 Å². The monoisotopic (exact) mass is 327 g/mol. The van der Waals surface area contributed by atoms with Crippen LogP contribution in [-0.2, 0) is 19.4 Å². The van der Waals surface area contributed by atoms with Crippen LogP contribution < -0.4 is 10.1 Å². The van der Waals surface area contributed by atoms with Crippen molar-refractivity contribution in [2.75, 3.05) is 5.32 Å². The van der Waals surface area contributed by atoms with Crippen LogP contribution in [0.2, 0.25) is 0 Å². The van der Waals surface area contributed by atoms with Crippen molar-refractivity contribution in [1.29, 1.82) is 0 Å². The normalized spacial score (nSPS) is 14.8. The SMILES string of the molecule is CCc1nnc(NCc2ccc(OC3CCCC3)nc2)nc1CC. The van der Waals surface area contributed by atoms with Crippen molar-refractivity contribution in [2.24, 2.45) is 0 Å². The van der Waals surface area contributed by atoms with Gasteiger partial charge in [-0.15, -0.1) is 5.10 Å². The maximum absolute atomic E-state index is 5.88. The van der Waals surface area contributed by atoms with Crippen LogP contribution in [0.15, 0.2) is 18.3 Å². The first-order valence-electron chi connectivity index (χ1n) is 8.86. The first-order chi connectivity index (χ1) is 11.8. The number of pyridine rings is 1. The molecule has 1 fully saturated rings. The van der Waals surface area contributed by atoms with Gasteiger partial charge in [0.25, 0.3) is 0 Å². The number of hydrogen-bond acceptors (Lipinski definition) is 6. The van der Waals surface area contributed by atoms with Crippen LogP contribution >= 0.6 is 0 Å². The van der Waals surface area contributed by atoms with Crippen LogP contribution in [0.4, 0.5) is 5.95 Å². The Morgan fingerprint density at radius 3 is 2.54 bits per heavy atom. The summed E-state index contributed by atoms with van der Waals surface area (Å²) in [5, 5.41) is 11.6. The molecule has 24 heavy (non-hydrogen) atoms. The number of nitrogens with one attached hydrogen (secondary N) is 1. The number of ether oxygens (including phenoxy) is 1. The Kier molecular flexibility index (Phi) is 5.56. The zero-order valence-electron chi connectivity index (χ0n) is 14.5. The third-order valence-electron chi connectivity index (χ3n) is 4.35. The molecule has 2 aromatic rings. The minimum atomic E-state index is 0.338. The third kappa shape index (κ3) is 4.19. The van der Waals surface area contributed by atoms with E-state index in [-0.39, 0.29) is 0 Å². The Morgan fingerprint density at radius 1 is 1.08 bits per heavy atom. The predicted molar refractivity (Wildman–Crippen MR) is 93.0 cm³/mol. The average Bonchev–Trinajstić information content (AvgIpc) is 3.14. The summed E-state index contributed by atoms with van der Waals surface area (Å²) in [7, 11) is 0. The smallest absolute Gasteiger partial charge is 0.243 e. The first kappa shape index (κ1) is 16.6. The molecule has 1 aliphatic carbocycles. The summed E-state index contributed by atoms with van der Waals surface area (Å²) in [6, 6.07) is 3.96. The molecule has 1 aliphatic rings. The topological polar surface area (TPSA) is 72.8 Å². The van der Waals surface area contributed by atoms with Crippen LogP contribution in [-0.4, -0.2) is 26.3 Å². The van der Waals surface area contributed by atoms with Crippen LogP contribution in [0.3, 0.4) is 0 Å². The fraction of sp³-hybridized carbons (Fsp3) is 0.556. The lowest BCUT2D eigenvalue weighted by Crippen LogP contribution is -2.12. The van der Waals surface area contributed by atoms with Gasteiger partial charge in [0.2, 0.25) is 11.8 Å². The molecule has 0 spiro atoms. The first-order valence-corrected chi connectivity index (χ1v) is 8.86. The fourth-order valence-corrected chi connectivity index (χ4v) is 2.96. The molecule has 0 radical (unpaired) electrons. The average molecular weight is 327 g/mol. The molecule has 3 rings (SSSR count). The van der Waals surface area contributed by atoms with E-state index in [1.807, 2.05) is 18.3 Å². The zero-order valence-corrected chi connectivity index (χ0v) is 14.5. The number of rotatable bonds is 7. The standard InChI is InChI=1S/C18H25N5O/c1-3-15-16(4-2)22-23-18(21-15)20-12-13-9-10-17(19-11-13)24-14-7-5-6-8-14/h9-11,14H,3-8,12H2,1-2H3,(H,20,21,23). The molecule has 0 unspecified atom stereocenters. The van der Waals surface area contributed by atoms with E-state index >= 15 is 0 Å². The van der Waals surface area contributed by atoms with E-state index in [9.17, 15) is 0 Å². The third-order valence-corrected chi connectivity index (χ3v) is 4.35. The van der Waals surface area contributed by atoms with Gasteiger partial charge in [0, 0.05) is 18.8 Å². The molecular formula is C18H25N5O. The molecule has 2 aromatic heterocycles. The van der Waals surface area contributed by atoms with Gasteiger partial charge in [-0.3, -0.25) is 0 Å². The second kappa shape index (κ2) is 8.04. The molecule has 1 N–H and O–H groups in total. The van der Waals surface area contributed by atoms with E-state index in [4.69, 9.17) is 4.74 Å². The van der Waals surface area contributed by atoms with Crippen molar-refractivity contribution in [3.05, 3.63) is 35.3 Å².